The number of phenolic OH excluding ortho intramolecular Hbond substituents is 1. The van der Waals surface area contributed by atoms with Crippen LogP contribution in [0.2, 0.25) is 5.02 Å². The number of benzene rings is 2. The van der Waals surface area contributed by atoms with Crippen LogP contribution < -0.4 is 0 Å². The van der Waals surface area contributed by atoms with E-state index in [4.69, 9.17) is 16.7 Å². The van der Waals surface area contributed by atoms with Crippen LogP contribution in [0.3, 0.4) is 0 Å². The van der Waals surface area contributed by atoms with Crippen molar-refractivity contribution >= 4 is 23.4 Å². The van der Waals surface area contributed by atoms with Crippen molar-refractivity contribution in [2.45, 2.75) is 9.79 Å². The second kappa shape index (κ2) is 4.76. The minimum Gasteiger partial charge on any atom is -0.508 e. The average Bonchev–Trinajstić information content (AvgIpc) is 2.25. The van der Waals surface area contributed by atoms with Gasteiger partial charge in [0.15, 0.2) is 0 Å². The van der Waals surface area contributed by atoms with Gasteiger partial charge in [-0.05, 0) is 42.5 Å². The van der Waals surface area contributed by atoms with Crippen molar-refractivity contribution in [3.8, 4) is 5.75 Å². The number of hydrogen-bond acceptors (Lipinski definition) is 2. The molecule has 1 nitrogen and oxygen atoms in total. The summed E-state index contributed by atoms with van der Waals surface area (Å²) in [5.74, 6) is -0.147. The maximum Gasteiger partial charge on any atom is 0.138 e. The van der Waals surface area contributed by atoms with E-state index in [1.54, 1.807) is 36.4 Å². The fraction of sp³-hybridized carbons (Fsp3) is 0. The zero-order valence-corrected chi connectivity index (χ0v) is 9.73. The van der Waals surface area contributed by atoms with Gasteiger partial charge in [-0.1, -0.05) is 23.4 Å². The Morgan fingerprint density at radius 3 is 2.38 bits per heavy atom. The summed E-state index contributed by atoms with van der Waals surface area (Å²) in [5, 5.41) is 9.49. The van der Waals surface area contributed by atoms with Gasteiger partial charge >= 0.3 is 0 Å². The molecule has 0 saturated heterocycles. The lowest BCUT2D eigenvalue weighted by Gasteiger charge is -2.03. The molecular formula is C12H8ClFOS. The van der Waals surface area contributed by atoms with Gasteiger partial charge in [0.2, 0.25) is 0 Å². The van der Waals surface area contributed by atoms with E-state index in [1.165, 1.54) is 17.8 Å². The van der Waals surface area contributed by atoms with Gasteiger partial charge in [0, 0.05) is 14.8 Å². The van der Waals surface area contributed by atoms with E-state index in [0.717, 1.165) is 4.90 Å². The molecule has 0 spiro atoms. The molecule has 82 valence electrons. The molecule has 1 N–H and O–H groups in total. The lowest BCUT2D eigenvalue weighted by molar-refractivity contribution is 0.475. The number of rotatable bonds is 2. The van der Waals surface area contributed by atoms with Gasteiger partial charge in [-0.25, -0.2) is 4.39 Å². The fourth-order valence-electron chi connectivity index (χ4n) is 1.20. The summed E-state index contributed by atoms with van der Waals surface area (Å²) in [6.45, 7) is 0. The molecule has 4 heteroatoms. The third-order valence-electron chi connectivity index (χ3n) is 1.96. The predicted molar refractivity (Wildman–Crippen MR) is 63.6 cm³/mol. The first-order valence-electron chi connectivity index (χ1n) is 4.57. The summed E-state index contributed by atoms with van der Waals surface area (Å²) in [5.41, 5.74) is 0. The molecule has 16 heavy (non-hydrogen) atoms. The molecule has 0 unspecified atom stereocenters. The summed E-state index contributed by atoms with van der Waals surface area (Å²) in [6, 6.07) is 11.2. The standard InChI is InChI=1S/C12H8ClFOS/c13-8-1-6-12(11(14)7-8)16-10-4-2-9(15)3-5-10/h1-7,15H. The lowest BCUT2D eigenvalue weighted by Crippen LogP contribution is -1.80. The van der Waals surface area contributed by atoms with Crippen molar-refractivity contribution in [2.75, 3.05) is 0 Å². The van der Waals surface area contributed by atoms with Gasteiger partial charge in [-0.15, -0.1) is 0 Å². The van der Waals surface area contributed by atoms with E-state index in [0.29, 0.717) is 9.92 Å². The second-order valence-electron chi connectivity index (χ2n) is 3.17. The van der Waals surface area contributed by atoms with Gasteiger partial charge in [-0.2, -0.15) is 0 Å². The first-order chi connectivity index (χ1) is 7.65. The summed E-state index contributed by atoms with van der Waals surface area (Å²) in [6.07, 6.45) is 0. The van der Waals surface area contributed by atoms with Crippen LogP contribution in [0.25, 0.3) is 0 Å². The molecule has 0 aliphatic rings. The topological polar surface area (TPSA) is 20.2 Å². The highest BCUT2D eigenvalue weighted by Crippen LogP contribution is 2.31. The quantitative estimate of drug-likeness (QED) is 0.861. The van der Waals surface area contributed by atoms with E-state index >= 15 is 0 Å². The number of hydrogen-bond donors (Lipinski definition) is 1. The van der Waals surface area contributed by atoms with E-state index in [2.05, 4.69) is 0 Å². The van der Waals surface area contributed by atoms with Crippen molar-refractivity contribution in [1.29, 1.82) is 0 Å². The van der Waals surface area contributed by atoms with E-state index in [1.807, 2.05) is 0 Å². The van der Waals surface area contributed by atoms with Crippen LogP contribution >= 0.6 is 23.4 Å². The first kappa shape index (κ1) is 11.3. The summed E-state index contributed by atoms with van der Waals surface area (Å²) < 4.78 is 13.5. The Morgan fingerprint density at radius 1 is 1.06 bits per heavy atom. The van der Waals surface area contributed by atoms with Gasteiger partial charge in [0.05, 0.1) is 0 Å². The molecule has 2 aromatic rings. The molecular weight excluding hydrogens is 247 g/mol. The fourth-order valence-corrected chi connectivity index (χ4v) is 2.18. The highest BCUT2D eigenvalue weighted by molar-refractivity contribution is 7.99. The molecule has 0 radical (unpaired) electrons. The molecule has 0 saturated carbocycles. The van der Waals surface area contributed by atoms with Crippen LogP contribution in [-0.4, -0.2) is 5.11 Å². The van der Waals surface area contributed by atoms with Crippen LogP contribution in [0.5, 0.6) is 5.75 Å². The van der Waals surface area contributed by atoms with E-state index in [9.17, 15) is 4.39 Å². The third-order valence-corrected chi connectivity index (χ3v) is 3.25. The zero-order valence-electron chi connectivity index (χ0n) is 8.15. The molecule has 0 aliphatic heterocycles. The summed E-state index contributed by atoms with van der Waals surface area (Å²) >= 11 is 6.95. The molecule has 0 aliphatic carbocycles. The average molecular weight is 255 g/mol. The normalized spacial score (nSPS) is 10.4. The molecule has 0 amide bonds. The molecule has 0 fully saturated rings. The Hall–Kier alpha value is -1.19. The Kier molecular flexibility index (Phi) is 3.36. The first-order valence-corrected chi connectivity index (χ1v) is 5.76. The SMILES string of the molecule is Oc1ccc(Sc2ccc(Cl)cc2F)cc1. The monoisotopic (exact) mass is 254 g/mol. The summed E-state index contributed by atoms with van der Waals surface area (Å²) in [4.78, 5) is 1.37. The van der Waals surface area contributed by atoms with E-state index in [-0.39, 0.29) is 11.6 Å². The van der Waals surface area contributed by atoms with Gasteiger partial charge < -0.3 is 5.11 Å². The van der Waals surface area contributed by atoms with Crippen LogP contribution in [0, 0.1) is 5.82 Å². The summed E-state index contributed by atoms with van der Waals surface area (Å²) in [7, 11) is 0. The van der Waals surface area contributed by atoms with Gasteiger partial charge in [0.1, 0.15) is 11.6 Å². The highest BCUT2D eigenvalue weighted by atomic mass is 35.5. The van der Waals surface area contributed by atoms with Crippen molar-refractivity contribution in [2.24, 2.45) is 0 Å². The van der Waals surface area contributed by atoms with E-state index < -0.39 is 0 Å². The Labute approximate surface area is 102 Å². The van der Waals surface area contributed by atoms with Crippen LogP contribution in [0.4, 0.5) is 4.39 Å². The Bertz CT molecular complexity index is 499. The van der Waals surface area contributed by atoms with Crippen molar-refractivity contribution in [3.63, 3.8) is 0 Å². The van der Waals surface area contributed by atoms with Gasteiger partial charge in [-0.3, -0.25) is 0 Å². The van der Waals surface area contributed by atoms with Crippen LogP contribution in [-0.2, 0) is 0 Å². The minimum atomic E-state index is -0.342. The largest absolute Gasteiger partial charge is 0.508 e. The third kappa shape index (κ3) is 2.68. The van der Waals surface area contributed by atoms with Gasteiger partial charge in [0.25, 0.3) is 0 Å². The number of halogens is 2. The second-order valence-corrected chi connectivity index (χ2v) is 4.72. The molecule has 0 bridgehead atoms. The Balaban J connectivity index is 2.23. The smallest absolute Gasteiger partial charge is 0.138 e. The predicted octanol–water partition coefficient (Wildman–Crippen LogP) is 4.34. The minimum absolute atomic E-state index is 0.195. The Morgan fingerprint density at radius 2 is 1.75 bits per heavy atom. The lowest BCUT2D eigenvalue weighted by atomic mass is 10.3. The number of aromatic hydroxyl groups is 1. The molecule has 2 rings (SSSR count). The molecule has 0 aromatic heterocycles. The maximum atomic E-state index is 13.5. The van der Waals surface area contributed by atoms with Crippen LogP contribution in [0.15, 0.2) is 52.3 Å². The van der Waals surface area contributed by atoms with Crippen molar-refractivity contribution < 1.29 is 9.50 Å². The molecule has 2 aromatic carbocycles. The maximum absolute atomic E-state index is 13.5. The number of phenols is 1. The van der Waals surface area contributed by atoms with Crippen molar-refractivity contribution in [3.05, 3.63) is 53.3 Å². The van der Waals surface area contributed by atoms with Crippen LogP contribution in [0.1, 0.15) is 0 Å². The zero-order chi connectivity index (χ0) is 11.5. The highest BCUT2D eigenvalue weighted by Gasteiger charge is 2.04. The molecule has 0 heterocycles. The molecule has 0 atom stereocenters. The van der Waals surface area contributed by atoms with Crippen molar-refractivity contribution in [1.82, 2.24) is 0 Å².